The highest BCUT2D eigenvalue weighted by Crippen LogP contribution is 2.33. The molecule has 0 spiro atoms. The number of ether oxygens (including phenoxy) is 2. The van der Waals surface area contributed by atoms with Gasteiger partial charge in [0, 0.05) is 10.9 Å². The number of aromatic nitrogens is 1. The van der Waals surface area contributed by atoms with Crippen LogP contribution in [0.5, 0.6) is 11.5 Å². The summed E-state index contributed by atoms with van der Waals surface area (Å²) >= 11 is 3.03. The molecule has 8 nitrogen and oxygen atoms in total. The van der Waals surface area contributed by atoms with Gasteiger partial charge in [0.25, 0.3) is 0 Å². The Labute approximate surface area is 196 Å². The molecule has 2 aliphatic rings. The van der Waals surface area contributed by atoms with Crippen LogP contribution in [0.3, 0.4) is 0 Å². The van der Waals surface area contributed by atoms with E-state index in [2.05, 4.69) is 21.9 Å². The van der Waals surface area contributed by atoms with Crippen LogP contribution < -0.4 is 19.5 Å². The molecule has 11 heteroatoms. The number of hydrogen-bond acceptors (Lipinski definition) is 8. The number of thioether (sulfide) groups is 1. The zero-order valence-corrected chi connectivity index (χ0v) is 20.5. The quantitative estimate of drug-likeness (QED) is 0.577. The van der Waals surface area contributed by atoms with Gasteiger partial charge in [-0.3, -0.25) is 4.79 Å². The highest BCUT2D eigenvalue weighted by Gasteiger charge is 2.28. The third kappa shape index (κ3) is 5.38. The summed E-state index contributed by atoms with van der Waals surface area (Å²) in [5.41, 5.74) is 1.04. The SMILES string of the molecule is CSCCC(NS(=O)(=O)c1ccc2c(c1)OCCO2)C(=O)Nc1nc2c(s1)CC(C)CC2. The Hall–Kier alpha value is -1.82. The number of thiazole rings is 1. The summed E-state index contributed by atoms with van der Waals surface area (Å²) in [7, 11) is -3.94. The Morgan fingerprint density at radius 2 is 2.09 bits per heavy atom. The van der Waals surface area contributed by atoms with Gasteiger partial charge in [-0.2, -0.15) is 16.5 Å². The van der Waals surface area contributed by atoms with Crippen LogP contribution >= 0.6 is 23.1 Å². The number of carbonyl (C=O) groups excluding carboxylic acids is 1. The average molecular weight is 498 g/mol. The molecule has 2 heterocycles. The van der Waals surface area contributed by atoms with Crippen molar-refractivity contribution >= 4 is 44.2 Å². The molecule has 1 aliphatic heterocycles. The minimum atomic E-state index is -3.94. The number of sulfonamides is 1. The van der Waals surface area contributed by atoms with E-state index in [-0.39, 0.29) is 4.90 Å². The van der Waals surface area contributed by atoms with Crippen molar-refractivity contribution in [3.05, 3.63) is 28.8 Å². The van der Waals surface area contributed by atoms with Gasteiger partial charge >= 0.3 is 0 Å². The van der Waals surface area contributed by atoms with Crippen molar-refractivity contribution in [3.8, 4) is 11.5 Å². The summed E-state index contributed by atoms with van der Waals surface area (Å²) < 4.78 is 39.6. The number of nitrogens with zero attached hydrogens (tertiary/aromatic N) is 1. The van der Waals surface area contributed by atoms with E-state index in [1.54, 1.807) is 17.8 Å². The van der Waals surface area contributed by atoms with Crippen LogP contribution in [-0.2, 0) is 27.7 Å². The molecule has 1 aromatic heterocycles. The van der Waals surface area contributed by atoms with Crippen LogP contribution in [0.4, 0.5) is 5.13 Å². The maximum Gasteiger partial charge on any atom is 0.244 e. The fourth-order valence-electron chi connectivity index (χ4n) is 3.71. The van der Waals surface area contributed by atoms with Crippen molar-refractivity contribution in [2.24, 2.45) is 5.92 Å². The summed E-state index contributed by atoms with van der Waals surface area (Å²) in [4.78, 5) is 18.8. The number of nitrogens with one attached hydrogen (secondary N) is 2. The van der Waals surface area contributed by atoms with Crippen molar-refractivity contribution in [1.29, 1.82) is 0 Å². The van der Waals surface area contributed by atoms with E-state index in [1.807, 2.05) is 6.26 Å². The van der Waals surface area contributed by atoms with Crippen LogP contribution in [0.1, 0.15) is 30.3 Å². The third-order valence-electron chi connectivity index (χ3n) is 5.46. The second-order valence-corrected chi connectivity index (χ2v) is 11.8. The van der Waals surface area contributed by atoms with Gasteiger partial charge < -0.3 is 14.8 Å². The molecule has 0 bridgehead atoms. The molecule has 2 atom stereocenters. The van der Waals surface area contributed by atoms with Crippen LogP contribution in [-0.4, -0.2) is 50.6 Å². The van der Waals surface area contributed by atoms with Crippen molar-refractivity contribution in [2.75, 3.05) is 30.5 Å². The molecule has 4 rings (SSSR count). The van der Waals surface area contributed by atoms with Gasteiger partial charge in [0.2, 0.25) is 15.9 Å². The zero-order valence-electron chi connectivity index (χ0n) is 18.0. The highest BCUT2D eigenvalue weighted by atomic mass is 32.2. The Morgan fingerprint density at radius 1 is 1.31 bits per heavy atom. The molecule has 32 heavy (non-hydrogen) atoms. The lowest BCUT2D eigenvalue weighted by Crippen LogP contribution is -2.44. The molecule has 2 unspecified atom stereocenters. The van der Waals surface area contributed by atoms with Crippen LogP contribution in [0.25, 0.3) is 0 Å². The molecule has 1 aromatic carbocycles. The van der Waals surface area contributed by atoms with Crippen LogP contribution in [0, 0.1) is 5.92 Å². The molecule has 2 N–H and O–H groups in total. The number of hydrogen-bond donors (Lipinski definition) is 2. The topological polar surface area (TPSA) is 107 Å². The van der Waals surface area contributed by atoms with Crippen LogP contribution in [0.2, 0.25) is 0 Å². The van der Waals surface area contributed by atoms with Gasteiger partial charge in [-0.1, -0.05) is 6.92 Å². The van der Waals surface area contributed by atoms with Gasteiger partial charge in [0.05, 0.1) is 10.6 Å². The number of carbonyl (C=O) groups is 1. The van der Waals surface area contributed by atoms with E-state index in [0.717, 1.165) is 25.0 Å². The lowest BCUT2D eigenvalue weighted by Gasteiger charge is -2.20. The fourth-order valence-corrected chi connectivity index (χ4v) is 6.60. The largest absolute Gasteiger partial charge is 0.486 e. The molecular weight excluding hydrogens is 470 g/mol. The summed E-state index contributed by atoms with van der Waals surface area (Å²) in [6, 6.07) is 3.54. The smallest absolute Gasteiger partial charge is 0.244 e. The third-order valence-corrected chi connectivity index (χ3v) is 8.61. The predicted molar refractivity (Wildman–Crippen MR) is 126 cm³/mol. The van der Waals surface area contributed by atoms with Gasteiger partial charge in [0.15, 0.2) is 16.6 Å². The van der Waals surface area contributed by atoms with E-state index < -0.39 is 22.0 Å². The second-order valence-electron chi connectivity index (χ2n) is 7.99. The molecule has 0 saturated carbocycles. The first kappa shape index (κ1) is 23.3. The van der Waals surface area contributed by atoms with Crippen molar-refractivity contribution in [2.45, 2.75) is 43.5 Å². The Kier molecular flexibility index (Phi) is 7.28. The minimum absolute atomic E-state index is 0.0300. The first-order valence-corrected chi connectivity index (χ1v) is 14.3. The summed E-state index contributed by atoms with van der Waals surface area (Å²) in [5.74, 6) is 1.73. The summed E-state index contributed by atoms with van der Waals surface area (Å²) in [6.07, 6.45) is 5.25. The monoisotopic (exact) mass is 497 g/mol. The van der Waals surface area contributed by atoms with Gasteiger partial charge in [-0.15, -0.1) is 11.3 Å². The highest BCUT2D eigenvalue weighted by molar-refractivity contribution is 7.98. The average Bonchev–Trinajstić information content (AvgIpc) is 3.17. The molecule has 174 valence electrons. The maximum absolute atomic E-state index is 13.0. The van der Waals surface area contributed by atoms with Crippen molar-refractivity contribution < 1.29 is 22.7 Å². The summed E-state index contributed by atoms with van der Waals surface area (Å²) in [5, 5.41) is 3.36. The number of amides is 1. The molecule has 0 radical (unpaired) electrons. The lowest BCUT2D eigenvalue weighted by atomic mass is 9.93. The Morgan fingerprint density at radius 3 is 2.88 bits per heavy atom. The Bertz CT molecular complexity index is 1090. The first-order chi connectivity index (χ1) is 15.4. The van der Waals surface area contributed by atoms with E-state index in [0.29, 0.717) is 47.9 Å². The first-order valence-electron chi connectivity index (χ1n) is 10.6. The summed E-state index contributed by atoms with van der Waals surface area (Å²) in [6.45, 7) is 3.00. The molecule has 1 amide bonds. The second kappa shape index (κ2) is 9.98. The molecule has 2 aromatic rings. The predicted octanol–water partition coefficient (Wildman–Crippen LogP) is 3.08. The number of anilines is 1. The maximum atomic E-state index is 13.0. The van der Waals surface area contributed by atoms with E-state index in [1.165, 1.54) is 28.3 Å². The number of benzene rings is 1. The van der Waals surface area contributed by atoms with Crippen LogP contribution in [0.15, 0.2) is 23.1 Å². The minimum Gasteiger partial charge on any atom is -0.486 e. The van der Waals surface area contributed by atoms with Crippen molar-refractivity contribution in [3.63, 3.8) is 0 Å². The standard InChI is InChI=1S/C21H27N3O5S3/c1-13-3-5-15-19(11-13)31-21(22-15)23-20(25)16(7-10-30-2)24-32(26,27)14-4-6-17-18(12-14)29-9-8-28-17/h4,6,12-13,16,24H,3,5,7-11H2,1-2H3,(H,22,23,25). The van der Waals surface area contributed by atoms with E-state index in [4.69, 9.17) is 9.47 Å². The lowest BCUT2D eigenvalue weighted by molar-refractivity contribution is -0.117. The molecule has 0 fully saturated rings. The van der Waals surface area contributed by atoms with Gasteiger partial charge in [0.1, 0.15) is 19.3 Å². The fraction of sp³-hybridized carbons (Fsp3) is 0.524. The molecule has 1 aliphatic carbocycles. The van der Waals surface area contributed by atoms with E-state index in [9.17, 15) is 13.2 Å². The zero-order chi connectivity index (χ0) is 22.7. The Balaban J connectivity index is 1.49. The number of rotatable bonds is 8. The van der Waals surface area contributed by atoms with Gasteiger partial charge in [-0.25, -0.2) is 13.4 Å². The molecule has 0 saturated heterocycles. The number of fused-ring (bicyclic) bond motifs is 2. The molecular formula is C21H27N3O5S3. The normalized spacial score (nSPS) is 18.6. The van der Waals surface area contributed by atoms with Crippen molar-refractivity contribution in [1.82, 2.24) is 9.71 Å². The van der Waals surface area contributed by atoms with E-state index >= 15 is 0 Å². The number of aryl methyl sites for hydroxylation is 1. The van der Waals surface area contributed by atoms with Gasteiger partial charge in [-0.05, 0) is 55.7 Å².